The van der Waals surface area contributed by atoms with Gasteiger partial charge in [-0.1, -0.05) is 6.07 Å². The summed E-state index contributed by atoms with van der Waals surface area (Å²) >= 11 is 0. The predicted octanol–water partition coefficient (Wildman–Crippen LogP) is 2.01. The summed E-state index contributed by atoms with van der Waals surface area (Å²) in [7, 11) is 1.45. The Morgan fingerprint density at radius 1 is 1.56 bits per heavy atom. The van der Waals surface area contributed by atoms with Gasteiger partial charge in [-0.25, -0.2) is 0 Å². The van der Waals surface area contributed by atoms with Gasteiger partial charge >= 0.3 is 12.1 Å². The van der Waals surface area contributed by atoms with E-state index in [4.69, 9.17) is 5.11 Å². The van der Waals surface area contributed by atoms with Crippen LogP contribution in [0.15, 0.2) is 18.3 Å². The second-order valence-corrected chi connectivity index (χ2v) is 3.94. The van der Waals surface area contributed by atoms with Crippen molar-refractivity contribution in [1.29, 1.82) is 0 Å². The first-order valence-electron chi connectivity index (χ1n) is 5.17. The molecular formula is C11H13F3N2O2. The number of alkyl halides is 3. The SMILES string of the molecule is CC(C(=O)O)N(C)Cc1cccnc1C(F)(F)F. The van der Waals surface area contributed by atoms with Crippen LogP contribution in [0.25, 0.3) is 0 Å². The van der Waals surface area contributed by atoms with Crippen LogP contribution >= 0.6 is 0 Å². The van der Waals surface area contributed by atoms with Gasteiger partial charge in [-0.05, 0) is 25.6 Å². The molecule has 0 radical (unpaired) electrons. The Hall–Kier alpha value is -1.63. The van der Waals surface area contributed by atoms with Crippen LogP contribution in [0, 0.1) is 0 Å². The third-order valence-electron chi connectivity index (χ3n) is 2.60. The van der Waals surface area contributed by atoms with Crippen molar-refractivity contribution < 1.29 is 23.1 Å². The first-order valence-corrected chi connectivity index (χ1v) is 5.17. The van der Waals surface area contributed by atoms with Crippen molar-refractivity contribution in [1.82, 2.24) is 9.88 Å². The monoisotopic (exact) mass is 262 g/mol. The van der Waals surface area contributed by atoms with Gasteiger partial charge in [0, 0.05) is 12.7 Å². The van der Waals surface area contributed by atoms with Gasteiger partial charge in [0.15, 0.2) is 0 Å². The smallest absolute Gasteiger partial charge is 0.433 e. The molecule has 1 rings (SSSR count). The molecule has 0 aromatic carbocycles. The van der Waals surface area contributed by atoms with Crippen LogP contribution in [0.4, 0.5) is 13.2 Å². The average molecular weight is 262 g/mol. The average Bonchev–Trinajstić information content (AvgIpc) is 2.27. The first kappa shape index (κ1) is 14.4. The highest BCUT2D eigenvalue weighted by Crippen LogP contribution is 2.30. The van der Waals surface area contributed by atoms with Crippen molar-refractivity contribution >= 4 is 5.97 Å². The molecule has 1 atom stereocenters. The molecule has 0 aliphatic carbocycles. The van der Waals surface area contributed by atoms with Gasteiger partial charge in [-0.15, -0.1) is 0 Å². The molecule has 0 spiro atoms. The molecule has 0 fully saturated rings. The molecule has 4 nitrogen and oxygen atoms in total. The number of rotatable bonds is 4. The molecule has 0 bridgehead atoms. The summed E-state index contributed by atoms with van der Waals surface area (Å²) in [6.45, 7) is 1.28. The zero-order valence-corrected chi connectivity index (χ0v) is 9.90. The number of carbonyl (C=O) groups is 1. The Morgan fingerprint density at radius 3 is 2.67 bits per heavy atom. The molecule has 0 saturated carbocycles. The lowest BCUT2D eigenvalue weighted by atomic mass is 10.1. The van der Waals surface area contributed by atoms with Crippen molar-refractivity contribution in [3.05, 3.63) is 29.6 Å². The summed E-state index contributed by atoms with van der Waals surface area (Å²) in [4.78, 5) is 15.4. The quantitative estimate of drug-likeness (QED) is 0.901. The Labute approximate surface area is 102 Å². The summed E-state index contributed by atoms with van der Waals surface area (Å²) in [6.07, 6.45) is -3.48. The van der Waals surface area contributed by atoms with Gasteiger partial charge < -0.3 is 5.11 Å². The van der Waals surface area contributed by atoms with Crippen LogP contribution in [-0.4, -0.2) is 34.0 Å². The maximum Gasteiger partial charge on any atom is 0.433 e. The van der Waals surface area contributed by atoms with Crippen molar-refractivity contribution in [2.24, 2.45) is 0 Å². The van der Waals surface area contributed by atoms with Crippen molar-refractivity contribution in [3.63, 3.8) is 0 Å². The lowest BCUT2D eigenvalue weighted by molar-refractivity contribution is -0.143. The van der Waals surface area contributed by atoms with E-state index in [0.717, 1.165) is 6.20 Å². The third kappa shape index (κ3) is 3.43. The number of likely N-dealkylation sites (N-methyl/N-ethyl adjacent to an activating group) is 1. The first-order chi connectivity index (χ1) is 8.23. The van der Waals surface area contributed by atoms with E-state index in [-0.39, 0.29) is 12.1 Å². The Kier molecular flexibility index (Phi) is 4.28. The minimum atomic E-state index is -4.54. The normalized spacial score (nSPS) is 13.7. The van der Waals surface area contributed by atoms with Gasteiger partial charge in [0.1, 0.15) is 11.7 Å². The second-order valence-electron chi connectivity index (χ2n) is 3.94. The molecule has 0 aliphatic rings. The number of pyridine rings is 1. The molecule has 18 heavy (non-hydrogen) atoms. The lowest BCUT2D eigenvalue weighted by Gasteiger charge is -2.22. The van der Waals surface area contributed by atoms with E-state index >= 15 is 0 Å². The minimum absolute atomic E-state index is 0.0411. The zero-order valence-electron chi connectivity index (χ0n) is 9.90. The van der Waals surface area contributed by atoms with Gasteiger partial charge in [0.25, 0.3) is 0 Å². The molecule has 0 aliphatic heterocycles. The summed E-state index contributed by atoms with van der Waals surface area (Å²) in [6, 6.07) is 1.82. The number of aromatic nitrogens is 1. The van der Waals surface area contributed by atoms with Crippen LogP contribution < -0.4 is 0 Å². The maximum atomic E-state index is 12.7. The Bertz CT molecular complexity index is 435. The van der Waals surface area contributed by atoms with Gasteiger partial charge in [0.2, 0.25) is 0 Å². The number of carboxylic acids is 1. The van der Waals surface area contributed by atoms with Crippen molar-refractivity contribution in [2.75, 3.05) is 7.05 Å². The summed E-state index contributed by atoms with van der Waals surface area (Å²) in [5, 5.41) is 8.78. The minimum Gasteiger partial charge on any atom is -0.480 e. The standard InChI is InChI=1S/C11H13F3N2O2/c1-7(10(17)18)16(2)6-8-4-3-5-15-9(8)11(12,13)14/h3-5,7H,6H2,1-2H3,(H,17,18). The highest BCUT2D eigenvalue weighted by Gasteiger charge is 2.35. The fraction of sp³-hybridized carbons (Fsp3) is 0.455. The van der Waals surface area contributed by atoms with E-state index in [1.807, 2.05) is 0 Å². The Balaban J connectivity index is 2.95. The van der Waals surface area contributed by atoms with E-state index in [2.05, 4.69) is 4.98 Å². The Morgan fingerprint density at radius 2 is 2.17 bits per heavy atom. The highest BCUT2D eigenvalue weighted by molar-refractivity contribution is 5.72. The van der Waals surface area contributed by atoms with Crippen LogP contribution in [-0.2, 0) is 17.5 Å². The molecule has 0 amide bonds. The molecule has 1 aromatic heterocycles. The fourth-order valence-electron chi connectivity index (χ4n) is 1.42. The predicted molar refractivity (Wildman–Crippen MR) is 57.8 cm³/mol. The number of hydrogen-bond acceptors (Lipinski definition) is 3. The zero-order chi connectivity index (χ0) is 13.9. The van der Waals surface area contributed by atoms with Gasteiger partial charge in [0.05, 0.1) is 0 Å². The highest BCUT2D eigenvalue weighted by atomic mass is 19.4. The largest absolute Gasteiger partial charge is 0.480 e. The molecule has 0 saturated heterocycles. The molecular weight excluding hydrogens is 249 g/mol. The van der Waals surface area contributed by atoms with Crippen LogP contribution in [0.2, 0.25) is 0 Å². The topological polar surface area (TPSA) is 53.4 Å². The van der Waals surface area contributed by atoms with E-state index in [9.17, 15) is 18.0 Å². The van der Waals surface area contributed by atoms with Crippen LogP contribution in [0.5, 0.6) is 0 Å². The maximum absolute atomic E-state index is 12.7. The number of carboxylic acid groups (broad SMARTS) is 1. The van der Waals surface area contributed by atoms with E-state index in [0.29, 0.717) is 0 Å². The second kappa shape index (κ2) is 5.34. The van der Waals surface area contributed by atoms with E-state index in [1.165, 1.54) is 31.0 Å². The molecule has 1 heterocycles. The number of nitrogens with zero attached hydrogens (tertiary/aromatic N) is 2. The summed E-state index contributed by atoms with van der Waals surface area (Å²) in [5.74, 6) is -1.09. The molecule has 7 heteroatoms. The van der Waals surface area contributed by atoms with Crippen molar-refractivity contribution in [2.45, 2.75) is 25.7 Å². The van der Waals surface area contributed by atoms with E-state index in [1.54, 1.807) is 0 Å². The van der Waals surface area contributed by atoms with Gasteiger partial charge in [-0.2, -0.15) is 13.2 Å². The van der Waals surface area contributed by atoms with E-state index < -0.39 is 23.9 Å². The molecule has 1 N–H and O–H groups in total. The number of aliphatic carboxylic acids is 1. The van der Waals surface area contributed by atoms with Gasteiger partial charge in [-0.3, -0.25) is 14.7 Å². The number of hydrogen-bond donors (Lipinski definition) is 1. The summed E-state index contributed by atoms with van der Waals surface area (Å²) in [5.41, 5.74) is -1.02. The molecule has 1 unspecified atom stereocenters. The fourth-order valence-corrected chi connectivity index (χ4v) is 1.42. The lowest BCUT2D eigenvalue weighted by Crippen LogP contribution is -2.35. The molecule has 100 valence electrons. The number of halogens is 3. The van der Waals surface area contributed by atoms with Crippen LogP contribution in [0.3, 0.4) is 0 Å². The van der Waals surface area contributed by atoms with Crippen molar-refractivity contribution in [3.8, 4) is 0 Å². The van der Waals surface area contributed by atoms with Crippen LogP contribution in [0.1, 0.15) is 18.2 Å². The summed E-state index contributed by atoms with van der Waals surface area (Å²) < 4.78 is 38.0. The third-order valence-corrected chi connectivity index (χ3v) is 2.60. The molecule has 1 aromatic rings.